The third kappa shape index (κ3) is 2.22. The lowest BCUT2D eigenvalue weighted by atomic mass is 10.1. The summed E-state index contributed by atoms with van der Waals surface area (Å²) in [6.45, 7) is 0.471. The van der Waals surface area contributed by atoms with Gasteiger partial charge in [0.2, 0.25) is 0 Å². The standard InChI is InChI=1S/C12H10N4S2/c13-6-9-5-8-3-1-2-4-10(8)16-11(9)17-12-14-7-15-18-12/h1-5,7H,6,13H2. The maximum Gasteiger partial charge on any atom is 0.176 e. The van der Waals surface area contributed by atoms with Crippen molar-refractivity contribution in [2.45, 2.75) is 15.9 Å². The van der Waals surface area contributed by atoms with E-state index in [1.54, 1.807) is 6.33 Å². The highest BCUT2D eigenvalue weighted by molar-refractivity contribution is 8.00. The molecule has 0 bridgehead atoms. The number of benzene rings is 1. The van der Waals surface area contributed by atoms with Crippen molar-refractivity contribution in [3.63, 3.8) is 0 Å². The molecule has 0 radical (unpaired) electrons. The van der Waals surface area contributed by atoms with E-state index >= 15 is 0 Å². The van der Waals surface area contributed by atoms with Crippen LogP contribution in [-0.2, 0) is 6.54 Å². The highest BCUT2D eigenvalue weighted by Crippen LogP contribution is 2.31. The summed E-state index contributed by atoms with van der Waals surface area (Å²) in [5.41, 5.74) is 7.79. The number of pyridine rings is 1. The first kappa shape index (κ1) is 11.6. The van der Waals surface area contributed by atoms with E-state index < -0.39 is 0 Å². The zero-order valence-corrected chi connectivity index (χ0v) is 11.0. The van der Waals surface area contributed by atoms with Crippen LogP contribution in [0, 0.1) is 0 Å². The Hall–Kier alpha value is -1.50. The Morgan fingerprint density at radius 3 is 2.94 bits per heavy atom. The van der Waals surface area contributed by atoms with Crippen molar-refractivity contribution in [1.82, 2.24) is 14.3 Å². The minimum absolute atomic E-state index is 0.471. The Labute approximate surface area is 112 Å². The van der Waals surface area contributed by atoms with Gasteiger partial charge in [-0.1, -0.05) is 18.2 Å². The van der Waals surface area contributed by atoms with Crippen LogP contribution in [0.15, 0.2) is 46.0 Å². The molecule has 90 valence electrons. The number of nitrogens with two attached hydrogens (primary N) is 1. The van der Waals surface area contributed by atoms with Crippen molar-refractivity contribution in [2.75, 3.05) is 0 Å². The van der Waals surface area contributed by atoms with Gasteiger partial charge in [0.05, 0.1) is 5.52 Å². The molecule has 0 amide bonds. The van der Waals surface area contributed by atoms with Crippen molar-refractivity contribution >= 4 is 34.2 Å². The van der Waals surface area contributed by atoms with Crippen LogP contribution < -0.4 is 5.73 Å². The van der Waals surface area contributed by atoms with Gasteiger partial charge in [-0.2, -0.15) is 4.37 Å². The third-order valence-corrected chi connectivity index (χ3v) is 4.27. The fraction of sp³-hybridized carbons (Fsp3) is 0.0833. The molecule has 0 saturated heterocycles. The molecule has 0 unspecified atom stereocenters. The van der Waals surface area contributed by atoms with Gasteiger partial charge in [0.15, 0.2) is 4.34 Å². The predicted molar refractivity (Wildman–Crippen MR) is 73.7 cm³/mol. The number of hydrogen-bond acceptors (Lipinski definition) is 6. The van der Waals surface area contributed by atoms with Crippen molar-refractivity contribution in [3.8, 4) is 0 Å². The van der Waals surface area contributed by atoms with Crippen molar-refractivity contribution < 1.29 is 0 Å². The molecule has 0 atom stereocenters. The Bertz CT molecular complexity index is 667. The lowest BCUT2D eigenvalue weighted by molar-refractivity contribution is 0.981. The first-order valence-corrected chi connectivity index (χ1v) is 6.99. The zero-order chi connectivity index (χ0) is 12.4. The van der Waals surface area contributed by atoms with Crippen LogP contribution in [0.5, 0.6) is 0 Å². The number of rotatable bonds is 3. The number of fused-ring (bicyclic) bond motifs is 1. The quantitative estimate of drug-likeness (QED) is 0.795. The number of aromatic nitrogens is 3. The average molecular weight is 274 g/mol. The first-order valence-electron chi connectivity index (χ1n) is 5.40. The van der Waals surface area contributed by atoms with E-state index in [0.29, 0.717) is 6.54 Å². The largest absolute Gasteiger partial charge is 0.326 e. The summed E-state index contributed by atoms with van der Waals surface area (Å²) in [5.74, 6) is 0. The molecule has 0 spiro atoms. The molecule has 1 aromatic carbocycles. The molecular formula is C12H10N4S2. The average Bonchev–Trinajstić information content (AvgIpc) is 2.91. The van der Waals surface area contributed by atoms with E-state index in [1.165, 1.54) is 23.3 Å². The molecule has 0 saturated carbocycles. The molecular weight excluding hydrogens is 264 g/mol. The fourth-order valence-corrected chi connectivity index (χ4v) is 3.14. The molecule has 3 rings (SSSR count). The Morgan fingerprint density at radius 2 is 2.17 bits per heavy atom. The van der Waals surface area contributed by atoms with Gasteiger partial charge in [0.25, 0.3) is 0 Å². The summed E-state index contributed by atoms with van der Waals surface area (Å²) >= 11 is 2.88. The van der Waals surface area contributed by atoms with E-state index in [4.69, 9.17) is 5.73 Å². The zero-order valence-electron chi connectivity index (χ0n) is 9.41. The maximum absolute atomic E-state index is 5.78. The summed E-state index contributed by atoms with van der Waals surface area (Å²) in [4.78, 5) is 8.80. The van der Waals surface area contributed by atoms with Crippen LogP contribution in [0.2, 0.25) is 0 Å². The maximum atomic E-state index is 5.78. The van der Waals surface area contributed by atoms with Gasteiger partial charge >= 0.3 is 0 Å². The first-order chi connectivity index (χ1) is 8.86. The van der Waals surface area contributed by atoms with Gasteiger partial charge in [0.1, 0.15) is 11.4 Å². The minimum atomic E-state index is 0.471. The molecule has 0 aliphatic carbocycles. The topological polar surface area (TPSA) is 64.7 Å². The summed E-state index contributed by atoms with van der Waals surface area (Å²) in [5, 5.41) is 2.02. The molecule has 18 heavy (non-hydrogen) atoms. The van der Waals surface area contributed by atoms with Crippen LogP contribution in [0.3, 0.4) is 0 Å². The lowest BCUT2D eigenvalue weighted by Gasteiger charge is -2.06. The van der Waals surface area contributed by atoms with E-state index in [-0.39, 0.29) is 0 Å². The van der Waals surface area contributed by atoms with Gasteiger partial charge in [-0.3, -0.25) is 0 Å². The number of nitrogens with zero attached hydrogens (tertiary/aromatic N) is 3. The molecule has 3 aromatic rings. The lowest BCUT2D eigenvalue weighted by Crippen LogP contribution is -2.00. The predicted octanol–water partition coefficient (Wildman–Crippen LogP) is 2.70. The van der Waals surface area contributed by atoms with Crippen LogP contribution in [0.25, 0.3) is 10.9 Å². The molecule has 0 aliphatic heterocycles. The molecule has 0 aliphatic rings. The van der Waals surface area contributed by atoms with Gasteiger partial charge < -0.3 is 5.73 Å². The van der Waals surface area contributed by atoms with E-state index in [0.717, 1.165) is 25.8 Å². The summed E-state index contributed by atoms with van der Waals surface area (Å²) < 4.78 is 4.87. The van der Waals surface area contributed by atoms with Gasteiger partial charge in [-0.15, -0.1) is 0 Å². The highest BCUT2D eigenvalue weighted by atomic mass is 32.2. The van der Waals surface area contributed by atoms with Crippen LogP contribution in [-0.4, -0.2) is 14.3 Å². The van der Waals surface area contributed by atoms with Crippen molar-refractivity contribution in [3.05, 3.63) is 42.2 Å². The van der Waals surface area contributed by atoms with Gasteiger partial charge in [-0.25, -0.2) is 9.97 Å². The van der Waals surface area contributed by atoms with Gasteiger partial charge in [0, 0.05) is 11.9 Å². The molecule has 6 heteroatoms. The second-order valence-electron chi connectivity index (χ2n) is 3.66. The molecule has 2 aromatic heterocycles. The van der Waals surface area contributed by atoms with E-state index in [1.807, 2.05) is 24.3 Å². The minimum Gasteiger partial charge on any atom is -0.326 e. The van der Waals surface area contributed by atoms with Crippen molar-refractivity contribution in [2.24, 2.45) is 5.73 Å². The number of hydrogen-bond donors (Lipinski definition) is 1. The van der Waals surface area contributed by atoms with E-state index in [9.17, 15) is 0 Å². The smallest absolute Gasteiger partial charge is 0.176 e. The van der Waals surface area contributed by atoms with Crippen LogP contribution in [0.1, 0.15) is 5.56 Å². The normalized spacial score (nSPS) is 10.9. The molecule has 2 heterocycles. The van der Waals surface area contributed by atoms with Crippen LogP contribution >= 0.6 is 23.3 Å². The Morgan fingerprint density at radius 1 is 1.28 bits per heavy atom. The summed E-state index contributed by atoms with van der Waals surface area (Å²) in [6, 6.07) is 10.1. The fourth-order valence-electron chi connectivity index (χ4n) is 1.67. The second kappa shape index (κ2) is 5.01. The summed E-state index contributed by atoms with van der Waals surface area (Å²) in [7, 11) is 0. The van der Waals surface area contributed by atoms with E-state index in [2.05, 4.69) is 20.4 Å². The highest BCUT2D eigenvalue weighted by Gasteiger charge is 2.09. The monoisotopic (exact) mass is 274 g/mol. The molecule has 4 nitrogen and oxygen atoms in total. The Kier molecular flexibility index (Phi) is 3.22. The van der Waals surface area contributed by atoms with Crippen LogP contribution in [0.4, 0.5) is 0 Å². The molecule has 2 N–H and O–H groups in total. The summed E-state index contributed by atoms with van der Waals surface area (Å²) in [6.07, 6.45) is 1.55. The van der Waals surface area contributed by atoms with Gasteiger partial charge in [-0.05, 0) is 41.0 Å². The van der Waals surface area contributed by atoms with Crippen molar-refractivity contribution in [1.29, 1.82) is 0 Å². The Balaban J connectivity index is 2.09. The second-order valence-corrected chi connectivity index (χ2v) is 5.67. The molecule has 0 fully saturated rings. The third-order valence-electron chi connectivity index (χ3n) is 2.51. The number of para-hydroxylation sites is 1. The SMILES string of the molecule is NCc1cc2ccccc2nc1Sc1ncns1.